The Balaban J connectivity index is 2.13. The van der Waals surface area contributed by atoms with Crippen LogP contribution in [0, 0.1) is 12.3 Å². The zero-order valence-corrected chi connectivity index (χ0v) is 13.3. The van der Waals surface area contributed by atoms with Crippen molar-refractivity contribution in [2.75, 3.05) is 19.1 Å². The highest BCUT2D eigenvalue weighted by Crippen LogP contribution is 2.35. The van der Waals surface area contributed by atoms with Gasteiger partial charge in [-0.25, -0.2) is 4.90 Å². The summed E-state index contributed by atoms with van der Waals surface area (Å²) in [7, 11) is 2.99. The van der Waals surface area contributed by atoms with Crippen LogP contribution in [-0.2, 0) is 11.2 Å². The molecule has 2 aromatic carbocycles. The summed E-state index contributed by atoms with van der Waals surface area (Å²) >= 11 is 0. The number of nitrogens with zero attached hydrogens (tertiary/aromatic N) is 1. The number of benzene rings is 2. The molecule has 0 unspecified atom stereocenters. The van der Waals surface area contributed by atoms with E-state index in [4.69, 9.17) is 15.9 Å². The molecule has 0 saturated heterocycles. The maximum Gasteiger partial charge on any atom is 0.269 e. The van der Waals surface area contributed by atoms with Crippen molar-refractivity contribution in [3.05, 3.63) is 53.1 Å². The van der Waals surface area contributed by atoms with Crippen LogP contribution in [0.2, 0.25) is 0 Å². The molecule has 2 aromatic rings. The molecule has 1 aliphatic rings. The van der Waals surface area contributed by atoms with Crippen molar-refractivity contribution in [3.8, 4) is 23.8 Å². The molecule has 2 amide bonds. The van der Waals surface area contributed by atoms with Gasteiger partial charge in [0, 0.05) is 11.6 Å². The molecular weight excluding hydrogens is 306 g/mol. The number of anilines is 1. The Kier molecular flexibility index (Phi) is 3.97. The minimum Gasteiger partial charge on any atom is -0.497 e. The normalized spacial score (nSPS) is 13.3. The Hall–Kier alpha value is -3.26. The number of methoxy groups -OCH3 is 2. The van der Waals surface area contributed by atoms with Gasteiger partial charge < -0.3 is 9.47 Å². The molecule has 0 spiro atoms. The third-order valence-corrected chi connectivity index (χ3v) is 3.89. The first kappa shape index (κ1) is 15.6. The van der Waals surface area contributed by atoms with Crippen LogP contribution in [-0.4, -0.2) is 26.0 Å². The molecule has 24 heavy (non-hydrogen) atoms. The summed E-state index contributed by atoms with van der Waals surface area (Å²) < 4.78 is 10.5. The fourth-order valence-electron chi connectivity index (χ4n) is 2.77. The second-order valence-electron chi connectivity index (χ2n) is 5.27. The van der Waals surface area contributed by atoms with Crippen molar-refractivity contribution in [1.29, 1.82) is 0 Å². The van der Waals surface area contributed by atoms with Crippen molar-refractivity contribution >= 4 is 17.5 Å². The van der Waals surface area contributed by atoms with Crippen LogP contribution in [0.25, 0.3) is 0 Å². The summed E-state index contributed by atoms with van der Waals surface area (Å²) in [5, 5.41) is 0. The average molecular weight is 321 g/mol. The van der Waals surface area contributed by atoms with E-state index < -0.39 is 5.91 Å². The summed E-state index contributed by atoms with van der Waals surface area (Å²) in [5.41, 5.74) is 2.00. The minimum absolute atomic E-state index is 0.0783. The molecule has 5 heteroatoms. The highest BCUT2D eigenvalue weighted by atomic mass is 16.5. The monoisotopic (exact) mass is 321 g/mol. The molecule has 0 aliphatic carbocycles. The number of carbonyl (C=O) groups is 2. The zero-order valence-electron chi connectivity index (χ0n) is 13.3. The van der Waals surface area contributed by atoms with Gasteiger partial charge in [0.1, 0.15) is 11.5 Å². The number of rotatable bonds is 3. The van der Waals surface area contributed by atoms with Crippen molar-refractivity contribution < 1.29 is 19.1 Å². The van der Waals surface area contributed by atoms with Gasteiger partial charge in [-0.05, 0) is 29.8 Å². The molecule has 120 valence electrons. The molecule has 1 aliphatic heterocycles. The van der Waals surface area contributed by atoms with Crippen molar-refractivity contribution in [2.24, 2.45) is 0 Å². The lowest BCUT2D eigenvalue weighted by Crippen LogP contribution is -2.42. The first-order chi connectivity index (χ1) is 11.6. The van der Waals surface area contributed by atoms with Gasteiger partial charge in [0.05, 0.1) is 31.9 Å². The van der Waals surface area contributed by atoms with Gasteiger partial charge in [0.25, 0.3) is 5.91 Å². The smallest absolute Gasteiger partial charge is 0.269 e. The number of carbonyl (C=O) groups excluding carboxylic acids is 2. The van der Waals surface area contributed by atoms with Gasteiger partial charge in [-0.3, -0.25) is 9.59 Å². The fraction of sp³-hybridized carbons (Fsp3) is 0.158. The first-order valence-electron chi connectivity index (χ1n) is 7.28. The SMILES string of the molecule is C#Cc1cccc(N2C(=O)Cc3cc(OC)cc(OC)c3C2=O)c1. The van der Waals surface area contributed by atoms with Gasteiger partial charge in [0.2, 0.25) is 5.91 Å². The Morgan fingerprint density at radius 2 is 1.92 bits per heavy atom. The largest absolute Gasteiger partial charge is 0.497 e. The van der Waals surface area contributed by atoms with Gasteiger partial charge in [-0.15, -0.1) is 6.42 Å². The Bertz CT molecular complexity index is 879. The number of imide groups is 1. The fourth-order valence-corrected chi connectivity index (χ4v) is 2.77. The van der Waals surface area contributed by atoms with E-state index >= 15 is 0 Å². The molecule has 0 atom stereocenters. The van der Waals surface area contributed by atoms with E-state index in [2.05, 4.69) is 5.92 Å². The van der Waals surface area contributed by atoms with Crippen molar-refractivity contribution in [1.82, 2.24) is 0 Å². The van der Waals surface area contributed by atoms with Crippen LogP contribution in [0.4, 0.5) is 5.69 Å². The number of terminal acetylenes is 1. The molecule has 0 fully saturated rings. The first-order valence-corrected chi connectivity index (χ1v) is 7.28. The van der Waals surface area contributed by atoms with Crippen molar-refractivity contribution in [2.45, 2.75) is 6.42 Å². The molecule has 0 N–H and O–H groups in total. The maximum atomic E-state index is 12.9. The lowest BCUT2D eigenvalue weighted by Gasteiger charge is -2.28. The van der Waals surface area contributed by atoms with Crippen LogP contribution in [0.15, 0.2) is 36.4 Å². The lowest BCUT2D eigenvalue weighted by atomic mass is 9.96. The standard InChI is InChI=1S/C19H15NO4/c1-4-12-6-5-7-14(8-12)20-17(21)10-13-9-15(23-2)11-16(24-3)18(13)19(20)22/h1,5-9,11H,10H2,2-3H3. The van der Waals surface area contributed by atoms with Gasteiger partial charge in [-0.1, -0.05) is 12.0 Å². The van der Waals surface area contributed by atoms with E-state index in [1.165, 1.54) is 14.2 Å². The highest BCUT2D eigenvalue weighted by molar-refractivity contribution is 6.25. The Morgan fingerprint density at radius 3 is 2.58 bits per heavy atom. The molecule has 0 bridgehead atoms. The Morgan fingerprint density at radius 1 is 1.12 bits per heavy atom. The van der Waals surface area contributed by atoms with E-state index in [0.717, 1.165) is 4.90 Å². The van der Waals surface area contributed by atoms with E-state index in [1.807, 2.05) is 0 Å². The molecule has 0 saturated carbocycles. The minimum atomic E-state index is -0.435. The number of amides is 2. The number of hydrogen-bond donors (Lipinski definition) is 0. The zero-order chi connectivity index (χ0) is 17.3. The molecule has 5 nitrogen and oxygen atoms in total. The third kappa shape index (κ3) is 2.48. The highest BCUT2D eigenvalue weighted by Gasteiger charge is 2.35. The van der Waals surface area contributed by atoms with E-state index in [0.29, 0.717) is 33.9 Å². The van der Waals surface area contributed by atoms with Crippen molar-refractivity contribution in [3.63, 3.8) is 0 Å². The van der Waals surface area contributed by atoms with E-state index in [-0.39, 0.29) is 12.3 Å². The second-order valence-corrected chi connectivity index (χ2v) is 5.27. The molecule has 0 radical (unpaired) electrons. The lowest BCUT2D eigenvalue weighted by molar-refractivity contribution is -0.117. The molecule has 1 heterocycles. The summed E-state index contributed by atoms with van der Waals surface area (Å²) in [6, 6.07) is 10.1. The summed E-state index contributed by atoms with van der Waals surface area (Å²) in [4.78, 5) is 26.6. The van der Waals surface area contributed by atoms with E-state index in [9.17, 15) is 9.59 Å². The van der Waals surface area contributed by atoms with Gasteiger partial charge in [0.15, 0.2) is 0 Å². The second kappa shape index (κ2) is 6.09. The quantitative estimate of drug-likeness (QED) is 0.643. The number of fused-ring (bicyclic) bond motifs is 1. The predicted octanol–water partition coefficient (Wildman–Crippen LogP) is 2.41. The maximum absolute atomic E-state index is 12.9. The van der Waals surface area contributed by atoms with E-state index in [1.54, 1.807) is 36.4 Å². The van der Waals surface area contributed by atoms with Crippen LogP contribution < -0.4 is 14.4 Å². The Labute approximate surface area is 139 Å². The predicted molar refractivity (Wildman–Crippen MR) is 89.4 cm³/mol. The molecule has 3 rings (SSSR count). The number of hydrogen-bond acceptors (Lipinski definition) is 4. The van der Waals surface area contributed by atoms with Crippen LogP contribution in [0.5, 0.6) is 11.5 Å². The summed E-state index contributed by atoms with van der Waals surface area (Å²) in [6.07, 6.45) is 5.48. The topological polar surface area (TPSA) is 55.8 Å². The van der Waals surface area contributed by atoms with Gasteiger partial charge >= 0.3 is 0 Å². The molecule has 0 aromatic heterocycles. The van der Waals surface area contributed by atoms with Crippen LogP contribution >= 0.6 is 0 Å². The molecular formula is C19H15NO4. The summed E-state index contributed by atoms with van der Waals surface area (Å²) in [6.45, 7) is 0. The van der Waals surface area contributed by atoms with Crippen LogP contribution in [0.1, 0.15) is 21.5 Å². The third-order valence-electron chi connectivity index (χ3n) is 3.89. The summed E-state index contributed by atoms with van der Waals surface area (Å²) in [5.74, 6) is 2.66. The van der Waals surface area contributed by atoms with Gasteiger partial charge in [-0.2, -0.15) is 0 Å². The number of ether oxygens (including phenoxy) is 2. The van der Waals surface area contributed by atoms with Crippen LogP contribution in [0.3, 0.4) is 0 Å². The average Bonchev–Trinajstić information content (AvgIpc) is 2.60.